The van der Waals surface area contributed by atoms with E-state index in [1.165, 1.54) is 6.92 Å². The molecular formula is C23H25N3O4. The summed E-state index contributed by atoms with van der Waals surface area (Å²) in [5, 5.41) is 9.55. The number of hydrogen-bond acceptors (Lipinski definition) is 5. The first-order valence-corrected chi connectivity index (χ1v) is 9.63. The Morgan fingerprint density at radius 3 is 2.37 bits per heavy atom. The van der Waals surface area contributed by atoms with Crippen molar-refractivity contribution in [3.05, 3.63) is 70.6 Å². The highest BCUT2D eigenvalue weighted by Gasteiger charge is 2.10. The van der Waals surface area contributed by atoms with Crippen molar-refractivity contribution in [1.29, 1.82) is 0 Å². The zero-order valence-electron chi connectivity index (χ0n) is 17.5. The number of benzene rings is 2. The molecule has 156 valence electrons. The summed E-state index contributed by atoms with van der Waals surface area (Å²) in [5.41, 5.74) is 4.93. The van der Waals surface area contributed by atoms with Crippen LogP contribution in [0.15, 0.2) is 47.0 Å². The van der Waals surface area contributed by atoms with Gasteiger partial charge in [0.15, 0.2) is 0 Å². The van der Waals surface area contributed by atoms with Crippen molar-refractivity contribution in [3.63, 3.8) is 0 Å². The summed E-state index contributed by atoms with van der Waals surface area (Å²) in [6, 6.07) is 12.8. The van der Waals surface area contributed by atoms with Crippen LogP contribution in [0.3, 0.4) is 0 Å². The monoisotopic (exact) mass is 407 g/mol. The lowest BCUT2D eigenvalue weighted by atomic mass is 10.1. The average molecular weight is 407 g/mol. The average Bonchev–Trinajstić information content (AvgIpc) is 3.01. The van der Waals surface area contributed by atoms with Crippen molar-refractivity contribution in [2.75, 3.05) is 10.6 Å². The van der Waals surface area contributed by atoms with Crippen LogP contribution >= 0.6 is 0 Å². The quantitative estimate of drug-likeness (QED) is 0.608. The number of nitrogens with zero attached hydrogens (tertiary/aromatic N) is 1. The van der Waals surface area contributed by atoms with E-state index in [0.29, 0.717) is 18.0 Å². The van der Waals surface area contributed by atoms with E-state index in [0.717, 1.165) is 33.8 Å². The Bertz CT molecular complexity index is 1040. The molecule has 1 aromatic heterocycles. The van der Waals surface area contributed by atoms with E-state index in [9.17, 15) is 9.59 Å². The van der Waals surface area contributed by atoms with E-state index >= 15 is 0 Å². The van der Waals surface area contributed by atoms with Crippen LogP contribution in [0.4, 0.5) is 11.4 Å². The topological polar surface area (TPSA) is 93.5 Å². The summed E-state index contributed by atoms with van der Waals surface area (Å²) >= 11 is 0. The first kappa shape index (κ1) is 21.1. The van der Waals surface area contributed by atoms with Crippen LogP contribution in [0.5, 0.6) is 5.75 Å². The van der Waals surface area contributed by atoms with Crippen LogP contribution in [0.1, 0.15) is 35.1 Å². The second-order valence-electron chi connectivity index (χ2n) is 7.17. The minimum atomic E-state index is -0.131. The van der Waals surface area contributed by atoms with E-state index in [2.05, 4.69) is 15.8 Å². The van der Waals surface area contributed by atoms with Gasteiger partial charge in [-0.3, -0.25) is 9.59 Å². The molecule has 2 N–H and O–H groups in total. The minimum absolute atomic E-state index is 0.119. The second kappa shape index (κ2) is 9.26. The molecule has 0 radical (unpaired) electrons. The summed E-state index contributed by atoms with van der Waals surface area (Å²) in [7, 11) is 0. The molecule has 0 saturated heterocycles. The van der Waals surface area contributed by atoms with Gasteiger partial charge in [-0.05, 0) is 62.2 Å². The number of aryl methyl sites for hydroxylation is 3. The molecule has 3 aromatic rings. The van der Waals surface area contributed by atoms with Gasteiger partial charge in [0.05, 0.1) is 17.7 Å². The maximum Gasteiger partial charge on any atom is 0.228 e. The Hall–Kier alpha value is -3.61. The highest BCUT2D eigenvalue weighted by molar-refractivity contribution is 5.93. The molecular weight excluding hydrogens is 382 g/mol. The predicted octanol–water partition coefficient (Wildman–Crippen LogP) is 4.32. The number of rotatable bonds is 7. The Balaban J connectivity index is 1.54. The van der Waals surface area contributed by atoms with Gasteiger partial charge in [-0.15, -0.1) is 0 Å². The van der Waals surface area contributed by atoms with E-state index in [1.807, 2.05) is 51.1 Å². The van der Waals surface area contributed by atoms with Crippen molar-refractivity contribution in [2.24, 2.45) is 0 Å². The van der Waals surface area contributed by atoms with Crippen molar-refractivity contribution in [3.8, 4) is 5.75 Å². The summed E-state index contributed by atoms with van der Waals surface area (Å²) < 4.78 is 10.9. The number of carbonyl (C=O) groups is 2. The van der Waals surface area contributed by atoms with Crippen molar-refractivity contribution >= 4 is 23.2 Å². The van der Waals surface area contributed by atoms with Gasteiger partial charge < -0.3 is 19.9 Å². The molecule has 0 saturated carbocycles. The summed E-state index contributed by atoms with van der Waals surface area (Å²) in [6.07, 6.45) is 0.247. The molecule has 7 nitrogen and oxygen atoms in total. The van der Waals surface area contributed by atoms with Crippen LogP contribution in [0.25, 0.3) is 0 Å². The minimum Gasteiger partial charge on any atom is -0.489 e. The molecule has 30 heavy (non-hydrogen) atoms. The zero-order valence-corrected chi connectivity index (χ0v) is 17.5. The second-order valence-corrected chi connectivity index (χ2v) is 7.17. The summed E-state index contributed by atoms with van der Waals surface area (Å²) in [4.78, 5) is 23.6. The first-order chi connectivity index (χ1) is 14.3. The Morgan fingerprint density at radius 2 is 1.77 bits per heavy atom. The third-order valence-corrected chi connectivity index (χ3v) is 4.67. The number of carbonyl (C=O) groups excluding carboxylic acids is 2. The zero-order chi connectivity index (χ0) is 21.7. The van der Waals surface area contributed by atoms with Gasteiger partial charge in [0.2, 0.25) is 11.8 Å². The highest BCUT2D eigenvalue weighted by atomic mass is 16.5. The number of aromatic nitrogens is 1. The fourth-order valence-corrected chi connectivity index (χ4v) is 3.03. The van der Waals surface area contributed by atoms with Gasteiger partial charge in [-0.1, -0.05) is 17.3 Å². The lowest BCUT2D eigenvalue weighted by molar-refractivity contribution is -0.116. The van der Waals surface area contributed by atoms with Crippen LogP contribution in [-0.4, -0.2) is 17.0 Å². The molecule has 0 spiro atoms. The highest BCUT2D eigenvalue weighted by Crippen LogP contribution is 2.21. The van der Waals surface area contributed by atoms with Crippen LogP contribution in [0, 0.1) is 20.8 Å². The Kier molecular flexibility index (Phi) is 6.51. The lowest BCUT2D eigenvalue weighted by Crippen LogP contribution is -2.15. The van der Waals surface area contributed by atoms with Gasteiger partial charge in [0.25, 0.3) is 0 Å². The molecule has 0 bridgehead atoms. The Morgan fingerprint density at radius 1 is 1.03 bits per heavy atom. The molecule has 3 rings (SSSR count). The molecule has 0 atom stereocenters. The summed E-state index contributed by atoms with van der Waals surface area (Å²) in [6.45, 7) is 7.46. The maximum absolute atomic E-state index is 12.4. The normalized spacial score (nSPS) is 10.5. The number of hydrogen-bond donors (Lipinski definition) is 2. The molecule has 2 aromatic carbocycles. The fourth-order valence-electron chi connectivity index (χ4n) is 3.03. The molecule has 7 heteroatoms. The van der Waals surface area contributed by atoms with Gasteiger partial charge in [0, 0.05) is 18.3 Å². The van der Waals surface area contributed by atoms with E-state index in [4.69, 9.17) is 9.26 Å². The molecule has 0 aliphatic carbocycles. The lowest BCUT2D eigenvalue weighted by Gasteiger charge is -2.11. The smallest absolute Gasteiger partial charge is 0.228 e. The van der Waals surface area contributed by atoms with E-state index in [1.54, 1.807) is 12.1 Å². The van der Waals surface area contributed by atoms with Crippen molar-refractivity contribution < 1.29 is 18.8 Å². The summed E-state index contributed by atoms with van der Waals surface area (Å²) in [5.74, 6) is 1.21. The number of ether oxygens (including phenoxy) is 1. The number of anilines is 2. The van der Waals surface area contributed by atoms with Gasteiger partial charge in [-0.2, -0.15) is 0 Å². The molecule has 1 heterocycles. The van der Waals surface area contributed by atoms with E-state index in [-0.39, 0.29) is 18.2 Å². The molecule has 2 amide bonds. The maximum atomic E-state index is 12.4. The van der Waals surface area contributed by atoms with Crippen LogP contribution < -0.4 is 15.4 Å². The fraction of sp³-hybridized carbons (Fsp3) is 0.261. The van der Waals surface area contributed by atoms with Crippen LogP contribution in [0.2, 0.25) is 0 Å². The third-order valence-electron chi connectivity index (χ3n) is 4.67. The molecule has 0 unspecified atom stereocenters. The van der Waals surface area contributed by atoms with Gasteiger partial charge in [0.1, 0.15) is 18.1 Å². The van der Waals surface area contributed by atoms with Gasteiger partial charge >= 0.3 is 0 Å². The van der Waals surface area contributed by atoms with Crippen LogP contribution in [-0.2, 0) is 22.6 Å². The number of nitrogens with one attached hydrogen (secondary N) is 2. The van der Waals surface area contributed by atoms with Gasteiger partial charge in [-0.25, -0.2) is 0 Å². The standard InChI is InChI=1S/C23H25N3O4/c1-14-11-19(7-10-22(14)24-17(4)27)25-23(28)12-18-5-8-20(9-6-18)29-13-21-15(2)26-30-16(21)3/h5-11H,12-13H2,1-4H3,(H,24,27)(H,25,28). The number of amides is 2. The first-order valence-electron chi connectivity index (χ1n) is 9.63. The predicted molar refractivity (Wildman–Crippen MR) is 115 cm³/mol. The third kappa shape index (κ3) is 5.47. The molecule has 0 aliphatic heterocycles. The van der Waals surface area contributed by atoms with E-state index < -0.39 is 0 Å². The molecule has 0 aliphatic rings. The Labute approximate surface area is 175 Å². The SMILES string of the molecule is CC(=O)Nc1ccc(NC(=O)Cc2ccc(OCc3c(C)noc3C)cc2)cc1C. The van der Waals surface area contributed by atoms with Crippen molar-refractivity contribution in [2.45, 2.75) is 40.7 Å². The molecule has 0 fully saturated rings. The largest absolute Gasteiger partial charge is 0.489 e. The van der Waals surface area contributed by atoms with Crippen molar-refractivity contribution in [1.82, 2.24) is 5.16 Å².